The SMILES string of the molecule is Cc1nn(C)c2cc(N3CCN[C@H](C)C3)ccc12. The molecule has 0 unspecified atom stereocenters. The van der Waals surface area contributed by atoms with Crippen molar-refractivity contribution >= 4 is 16.6 Å². The molecule has 4 heteroatoms. The maximum Gasteiger partial charge on any atom is 0.0702 e. The van der Waals surface area contributed by atoms with Crippen LogP contribution in [0.2, 0.25) is 0 Å². The van der Waals surface area contributed by atoms with Crippen molar-refractivity contribution < 1.29 is 0 Å². The number of aromatic nitrogens is 2. The number of aryl methyl sites for hydroxylation is 2. The van der Waals surface area contributed by atoms with Gasteiger partial charge in [-0.2, -0.15) is 5.10 Å². The Morgan fingerprint density at radius 2 is 2.22 bits per heavy atom. The van der Waals surface area contributed by atoms with Crippen molar-refractivity contribution in [1.29, 1.82) is 0 Å². The zero-order chi connectivity index (χ0) is 12.7. The van der Waals surface area contributed by atoms with Gasteiger partial charge in [0.1, 0.15) is 0 Å². The predicted octanol–water partition coefficient (Wildman–Crippen LogP) is 1.68. The van der Waals surface area contributed by atoms with Crippen molar-refractivity contribution in [3.05, 3.63) is 23.9 Å². The lowest BCUT2D eigenvalue weighted by atomic mass is 10.1. The molecule has 1 aromatic heterocycles. The van der Waals surface area contributed by atoms with Gasteiger partial charge in [0, 0.05) is 43.8 Å². The van der Waals surface area contributed by atoms with E-state index < -0.39 is 0 Å². The minimum atomic E-state index is 0.558. The van der Waals surface area contributed by atoms with Crippen LogP contribution in [0.5, 0.6) is 0 Å². The van der Waals surface area contributed by atoms with Crippen molar-refractivity contribution in [2.24, 2.45) is 7.05 Å². The maximum absolute atomic E-state index is 4.48. The monoisotopic (exact) mass is 244 g/mol. The van der Waals surface area contributed by atoms with Crippen molar-refractivity contribution in [2.75, 3.05) is 24.5 Å². The minimum Gasteiger partial charge on any atom is -0.369 e. The molecule has 96 valence electrons. The second kappa shape index (κ2) is 4.28. The van der Waals surface area contributed by atoms with Crippen LogP contribution in [-0.2, 0) is 7.05 Å². The summed E-state index contributed by atoms with van der Waals surface area (Å²) in [6.45, 7) is 7.51. The minimum absolute atomic E-state index is 0.558. The van der Waals surface area contributed by atoms with Gasteiger partial charge in [-0.25, -0.2) is 0 Å². The normalized spacial score (nSPS) is 20.6. The molecule has 1 N–H and O–H groups in total. The van der Waals surface area contributed by atoms with Crippen LogP contribution in [0, 0.1) is 6.92 Å². The molecule has 2 aromatic rings. The first kappa shape index (κ1) is 11.5. The summed E-state index contributed by atoms with van der Waals surface area (Å²) in [6.07, 6.45) is 0. The van der Waals surface area contributed by atoms with E-state index in [-0.39, 0.29) is 0 Å². The van der Waals surface area contributed by atoms with Crippen LogP contribution in [-0.4, -0.2) is 35.5 Å². The van der Waals surface area contributed by atoms with Gasteiger partial charge in [-0.1, -0.05) is 0 Å². The molecule has 1 fully saturated rings. The van der Waals surface area contributed by atoms with E-state index >= 15 is 0 Å². The Balaban J connectivity index is 2.00. The van der Waals surface area contributed by atoms with E-state index in [1.807, 2.05) is 11.7 Å². The highest BCUT2D eigenvalue weighted by atomic mass is 15.3. The highest BCUT2D eigenvalue weighted by molar-refractivity contribution is 5.85. The van der Waals surface area contributed by atoms with Crippen molar-refractivity contribution in [1.82, 2.24) is 15.1 Å². The standard InChI is InChI=1S/C14H20N4/c1-10-9-18(7-6-15-10)12-4-5-13-11(2)16-17(3)14(13)8-12/h4-5,8,10,15H,6-7,9H2,1-3H3/t10-/m1/s1. The molecule has 0 aliphatic carbocycles. The Bertz CT molecular complexity index is 572. The average molecular weight is 244 g/mol. The number of piperazine rings is 1. The Morgan fingerprint density at radius 3 is 3.00 bits per heavy atom. The zero-order valence-corrected chi connectivity index (χ0v) is 11.3. The van der Waals surface area contributed by atoms with E-state index in [9.17, 15) is 0 Å². The molecular weight excluding hydrogens is 224 g/mol. The van der Waals surface area contributed by atoms with Gasteiger partial charge < -0.3 is 10.2 Å². The number of hydrogen-bond donors (Lipinski definition) is 1. The lowest BCUT2D eigenvalue weighted by Gasteiger charge is -2.33. The number of nitrogens with one attached hydrogen (secondary N) is 1. The number of anilines is 1. The van der Waals surface area contributed by atoms with Gasteiger partial charge >= 0.3 is 0 Å². The van der Waals surface area contributed by atoms with E-state index in [0.717, 1.165) is 25.3 Å². The molecule has 1 saturated heterocycles. The van der Waals surface area contributed by atoms with Gasteiger partial charge in [0.25, 0.3) is 0 Å². The first-order valence-corrected chi connectivity index (χ1v) is 6.57. The van der Waals surface area contributed by atoms with Crippen LogP contribution in [0.15, 0.2) is 18.2 Å². The fraction of sp³-hybridized carbons (Fsp3) is 0.500. The summed E-state index contributed by atoms with van der Waals surface area (Å²) >= 11 is 0. The van der Waals surface area contributed by atoms with Crippen LogP contribution in [0.25, 0.3) is 10.9 Å². The van der Waals surface area contributed by atoms with Crippen LogP contribution < -0.4 is 10.2 Å². The van der Waals surface area contributed by atoms with Gasteiger partial charge in [-0.3, -0.25) is 4.68 Å². The summed E-state index contributed by atoms with van der Waals surface area (Å²) in [5, 5.41) is 9.21. The summed E-state index contributed by atoms with van der Waals surface area (Å²) < 4.78 is 1.97. The number of fused-ring (bicyclic) bond motifs is 1. The Hall–Kier alpha value is -1.55. The van der Waals surface area contributed by atoms with Crippen molar-refractivity contribution in [2.45, 2.75) is 19.9 Å². The summed E-state index contributed by atoms with van der Waals surface area (Å²) in [6, 6.07) is 7.23. The molecule has 0 saturated carbocycles. The van der Waals surface area contributed by atoms with Crippen LogP contribution in [0.1, 0.15) is 12.6 Å². The summed E-state index contributed by atoms with van der Waals surface area (Å²) in [7, 11) is 2.01. The van der Waals surface area contributed by atoms with Crippen LogP contribution in [0.3, 0.4) is 0 Å². The lowest BCUT2D eigenvalue weighted by Crippen LogP contribution is -2.49. The number of nitrogens with zero attached hydrogens (tertiary/aromatic N) is 3. The molecule has 1 aliphatic rings. The molecule has 1 aromatic carbocycles. The van der Waals surface area contributed by atoms with Crippen LogP contribution >= 0.6 is 0 Å². The topological polar surface area (TPSA) is 33.1 Å². The van der Waals surface area contributed by atoms with E-state index in [1.54, 1.807) is 0 Å². The molecule has 3 rings (SSSR count). The third kappa shape index (κ3) is 1.86. The fourth-order valence-corrected chi connectivity index (χ4v) is 2.79. The molecule has 0 bridgehead atoms. The summed E-state index contributed by atoms with van der Waals surface area (Å²) in [5.74, 6) is 0. The van der Waals surface area contributed by atoms with Gasteiger partial charge in [0.2, 0.25) is 0 Å². The Labute approximate surface area is 108 Å². The molecular formula is C14H20N4. The highest BCUT2D eigenvalue weighted by Gasteiger charge is 2.16. The third-order valence-electron chi connectivity index (χ3n) is 3.75. The van der Waals surface area contributed by atoms with Crippen LogP contribution in [0.4, 0.5) is 5.69 Å². The zero-order valence-electron chi connectivity index (χ0n) is 11.3. The van der Waals surface area contributed by atoms with Gasteiger partial charge in [0.05, 0.1) is 11.2 Å². The molecule has 4 nitrogen and oxygen atoms in total. The molecule has 18 heavy (non-hydrogen) atoms. The lowest BCUT2D eigenvalue weighted by molar-refractivity contribution is 0.485. The van der Waals surface area contributed by atoms with E-state index in [0.29, 0.717) is 6.04 Å². The summed E-state index contributed by atoms with van der Waals surface area (Å²) in [4.78, 5) is 2.45. The predicted molar refractivity (Wildman–Crippen MR) is 75.1 cm³/mol. The number of hydrogen-bond acceptors (Lipinski definition) is 3. The first-order chi connectivity index (χ1) is 8.65. The van der Waals surface area contributed by atoms with Gasteiger partial charge in [-0.15, -0.1) is 0 Å². The van der Waals surface area contributed by atoms with Gasteiger partial charge in [-0.05, 0) is 32.0 Å². The molecule has 1 aliphatic heterocycles. The average Bonchev–Trinajstić information content (AvgIpc) is 2.65. The Morgan fingerprint density at radius 1 is 1.39 bits per heavy atom. The number of benzene rings is 1. The maximum atomic E-state index is 4.48. The largest absolute Gasteiger partial charge is 0.369 e. The highest BCUT2D eigenvalue weighted by Crippen LogP contribution is 2.24. The molecule has 0 amide bonds. The third-order valence-corrected chi connectivity index (χ3v) is 3.75. The molecule has 0 spiro atoms. The van der Waals surface area contributed by atoms with E-state index in [4.69, 9.17) is 0 Å². The first-order valence-electron chi connectivity index (χ1n) is 6.57. The summed E-state index contributed by atoms with van der Waals surface area (Å²) in [5.41, 5.74) is 3.63. The van der Waals surface area contributed by atoms with Crippen molar-refractivity contribution in [3.63, 3.8) is 0 Å². The second-order valence-electron chi connectivity index (χ2n) is 5.21. The quantitative estimate of drug-likeness (QED) is 0.828. The smallest absolute Gasteiger partial charge is 0.0702 e. The second-order valence-corrected chi connectivity index (χ2v) is 5.21. The molecule has 0 radical (unpaired) electrons. The van der Waals surface area contributed by atoms with Gasteiger partial charge in [0.15, 0.2) is 0 Å². The number of rotatable bonds is 1. The fourth-order valence-electron chi connectivity index (χ4n) is 2.79. The molecule has 2 heterocycles. The van der Waals surface area contributed by atoms with E-state index in [1.165, 1.54) is 16.6 Å². The van der Waals surface area contributed by atoms with Crippen molar-refractivity contribution in [3.8, 4) is 0 Å². The Kier molecular flexibility index (Phi) is 2.74. The molecule has 1 atom stereocenters. The van der Waals surface area contributed by atoms with E-state index in [2.05, 4.69) is 47.4 Å².